The average Bonchev–Trinajstić information content (AvgIpc) is 2.50. The SMILES string of the molecule is COc1ccc(C)cc1Nc1ncc(C(F)(F)F)c(NC2CCC2)n1. The fourth-order valence-electron chi connectivity index (χ4n) is 2.55. The Labute approximate surface area is 143 Å². The summed E-state index contributed by atoms with van der Waals surface area (Å²) in [7, 11) is 1.52. The van der Waals surface area contributed by atoms with Gasteiger partial charge in [0.05, 0.1) is 12.8 Å². The van der Waals surface area contributed by atoms with Crippen LogP contribution in [0.15, 0.2) is 24.4 Å². The standard InChI is InChI=1S/C17H19F3N4O/c1-10-6-7-14(25-2)13(8-10)23-16-21-9-12(17(18,19)20)15(24-16)22-11-4-3-5-11/h6-9,11H,3-5H2,1-2H3,(H2,21,22,23,24). The van der Waals surface area contributed by atoms with Gasteiger partial charge in [0.25, 0.3) is 0 Å². The van der Waals surface area contributed by atoms with Crippen molar-refractivity contribution in [3.05, 3.63) is 35.5 Å². The Bertz CT molecular complexity index is 760. The van der Waals surface area contributed by atoms with E-state index < -0.39 is 11.7 Å². The third kappa shape index (κ3) is 3.94. The van der Waals surface area contributed by atoms with Gasteiger partial charge in [0, 0.05) is 12.2 Å². The monoisotopic (exact) mass is 352 g/mol. The fraction of sp³-hybridized carbons (Fsp3) is 0.412. The quantitative estimate of drug-likeness (QED) is 0.828. The summed E-state index contributed by atoms with van der Waals surface area (Å²) in [5.41, 5.74) is 0.709. The van der Waals surface area contributed by atoms with E-state index in [-0.39, 0.29) is 17.8 Å². The molecule has 25 heavy (non-hydrogen) atoms. The number of anilines is 3. The van der Waals surface area contributed by atoms with Crippen LogP contribution in [0.3, 0.4) is 0 Å². The first-order valence-electron chi connectivity index (χ1n) is 7.99. The van der Waals surface area contributed by atoms with Gasteiger partial charge >= 0.3 is 6.18 Å². The zero-order valence-electron chi connectivity index (χ0n) is 13.9. The van der Waals surface area contributed by atoms with Gasteiger partial charge < -0.3 is 15.4 Å². The summed E-state index contributed by atoms with van der Waals surface area (Å²) in [6.07, 6.45) is -1.01. The van der Waals surface area contributed by atoms with E-state index in [9.17, 15) is 13.2 Å². The lowest BCUT2D eigenvalue weighted by Gasteiger charge is -2.28. The molecular weight excluding hydrogens is 333 g/mol. The molecule has 1 aromatic carbocycles. The van der Waals surface area contributed by atoms with Crippen molar-refractivity contribution in [2.45, 2.75) is 38.4 Å². The normalized spacial score (nSPS) is 14.8. The predicted molar refractivity (Wildman–Crippen MR) is 89.3 cm³/mol. The predicted octanol–water partition coefficient (Wildman–Crippen LogP) is 4.52. The summed E-state index contributed by atoms with van der Waals surface area (Å²) in [5, 5.41) is 5.82. The van der Waals surface area contributed by atoms with Gasteiger partial charge in [-0.1, -0.05) is 6.07 Å². The van der Waals surface area contributed by atoms with Crippen LogP contribution in [-0.2, 0) is 6.18 Å². The first-order valence-corrected chi connectivity index (χ1v) is 7.99. The van der Waals surface area contributed by atoms with Crippen molar-refractivity contribution < 1.29 is 17.9 Å². The molecule has 0 saturated heterocycles. The van der Waals surface area contributed by atoms with Gasteiger partial charge in [-0.15, -0.1) is 0 Å². The Morgan fingerprint density at radius 2 is 2.00 bits per heavy atom. The summed E-state index contributed by atoms with van der Waals surface area (Å²) in [6, 6.07) is 5.49. The van der Waals surface area contributed by atoms with Gasteiger partial charge in [-0.05, 0) is 43.9 Å². The smallest absolute Gasteiger partial charge is 0.421 e. The number of nitrogens with one attached hydrogen (secondary N) is 2. The van der Waals surface area contributed by atoms with Gasteiger partial charge in [0.15, 0.2) is 0 Å². The largest absolute Gasteiger partial charge is 0.495 e. The van der Waals surface area contributed by atoms with Crippen LogP contribution in [0.5, 0.6) is 5.75 Å². The molecule has 1 aliphatic rings. The van der Waals surface area contributed by atoms with E-state index in [4.69, 9.17) is 4.74 Å². The first kappa shape index (κ1) is 17.3. The minimum atomic E-state index is -4.51. The number of aromatic nitrogens is 2. The molecule has 5 nitrogen and oxygen atoms in total. The van der Waals surface area contributed by atoms with Crippen molar-refractivity contribution in [2.75, 3.05) is 17.7 Å². The Balaban J connectivity index is 1.92. The van der Waals surface area contributed by atoms with Crippen LogP contribution < -0.4 is 15.4 Å². The molecule has 0 atom stereocenters. The highest BCUT2D eigenvalue weighted by Gasteiger charge is 2.36. The van der Waals surface area contributed by atoms with Crippen LogP contribution in [0.4, 0.5) is 30.6 Å². The van der Waals surface area contributed by atoms with Crippen molar-refractivity contribution in [1.82, 2.24) is 9.97 Å². The molecule has 8 heteroatoms. The fourth-order valence-corrected chi connectivity index (χ4v) is 2.55. The Morgan fingerprint density at radius 1 is 1.24 bits per heavy atom. The minimum Gasteiger partial charge on any atom is -0.495 e. The molecule has 0 unspecified atom stereocenters. The van der Waals surface area contributed by atoms with Crippen molar-refractivity contribution >= 4 is 17.5 Å². The maximum Gasteiger partial charge on any atom is 0.421 e. The van der Waals surface area contributed by atoms with Gasteiger partial charge in [-0.2, -0.15) is 18.2 Å². The van der Waals surface area contributed by atoms with Crippen molar-refractivity contribution in [1.29, 1.82) is 0 Å². The second-order valence-electron chi connectivity index (χ2n) is 6.05. The van der Waals surface area contributed by atoms with Gasteiger partial charge in [0.2, 0.25) is 5.95 Å². The molecule has 134 valence electrons. The summed E-state index contributed by atoms with van der Waals surface area (Å²) in [4.78, 5) is 7.87. The molecule has 2 N–H and O–H groups in total. The molecular formula is C17H19F3N4O. The number of rotatable bonds is 5. The number of nitrogens with zero attached hydrogens (tertiary/aromatic N) is 2. The summed E-state index contributed by atoms with van der Waals surface area (Å²) >= 11 is 0. The Morgan fingerprint density at radius 3 is 2.60 bits per heavy atom. The number of ether oxygens (including phenoxy) is 1. The van der Waals surface area contributed by atoms with Gasteiger partial charge in [0.1, 0.15) is 17.1 Å². The van der Waals surface area contributed by atoms with Crippen molar-refractivity contribution in [3.8, 4) is 5.75 Å². The number of benzene rings is 1. The van der Waals surface area contributed by atoms with Gasteiger partial charge in [-0.25, -0.2) is 4.98 Å². The van der Waals surface area contributed by atoms with E-state index in [1.807, 2.05) is 19.1 Å². The number of methoxy groups -OCH3 is 1. The minimum absolute atomic E-state index is 0.0253. The Kier molecular flexibility index (Phi) is 4.69. The molecule has 0 aliphatic heterocycles. The highest BCUT2D eigenvalue weighted by Crippen LogP contribution is 2.36. The first-order chi connectivity index (χ1) is 11.9. The van der Waals surface area contributed by atoms with Crippen LogP contribution in [0, 0.1) is 6.92 Å². The van der Waals surface area contributed by atoms with E-state index in [0.717, 1.165) is 31.0 Å². The molecule has 0 amide bonds. The van der Waals surface area contributed by atoms with E-state index in [0.29, 0.717) is 11.4 Å². The molecule has 1 aromatic heterocycles. The van der Waals surface area contributed by atoms with Crippen LogP contribution in [-0.4, -0.2) is 23.1 Å². The van der Waals surface area contributed by atoms with E-state index in [2.05, 4.69) is 20.6 Å². The second-order valence-corrected chi connectivity index (χ2v) is 6.05. The van der Waals surface area contributed by atoms with E-state index in [1.54, 1.807) is 6.07 Å². The topological polar surface area (TPSA) is 59.1 Å². The van der Waals surface area contributed by atoms with Gasteiger partial charge in [-0.3, -0.25) is 0 Å². The molecule has 2 aromatic rings. The summed E-state index contributed by atoms with van der Waals surface area (Å²) in [6.45, 7) is 1.90. The molecule has 0 bridgehead atoms. The molecule has 1 saturated carbocycles. The van der Waals surface area contributed by atoms with Crippen molar-refractivity contribution in [3.63, 3.8) is 0 Å². The van der Waals surface area contributed by atoms with E-state index >= 15 is 0 Å². The lowest BCUT2D eigenvalue weighted by Crippen LogP contribution is -2.29. The van der Waals surface area contributed by atoms with Crippen molar-refractivity contribution in [2.24, 2.45) is 0 Å². The van der Waals surface area contributed by atoms with Crippen LogP contribution >= 0.6 is 0 Å². The van der Waals surface area contributed by atoms with Crippen LogP contribution in [0.1, 0.15) is 30.4 Å². The lowest BCUT2D eigenvalue weighted by atomic mass is 9.93. The average molecular weight is 352 g/mol. The Hall–Kier alpha value is -2.51. The lowest BCUT2D eigenvalue weighted by molar-refractivity contribution is -0.137. The zero-order chi connectivity index (χ0) is 18.0. The number of halogens is 3. The summed E-state index contributed by atoms with van der Waals surface area (Å²) in [5.74, 6) is 0.447. The highest BCUT2D eigenvalue weighted by atomic mass is 19.4. The highest BCUT2D eigenvalue weighted by molar-refractivity contribution is 5.64. The van der Waals surface area contributed by atoms with Crippen LogP contribution in [0.25, 0.3) is 0 Å². The number of hydrogen-bond donors (Lipinski definition) is 2. The molecule has 1 heterocycles. The summed E-state index contributed by atoms with van der Waals surface area (Å²) < 4.78 is 44.8. The maximum atomic E-state index is 13.2. The zero-order valence-corrected chi connectivity index (χ0v) is 13.9. The number of aryl methyl sites for hydroxylation is 1. The third-order valence-corrected chi connectivity index (χ3v) is 4.14. The number of hydrogen-bond acceptors (Lipinski definition) is 5. The molecule has 0 spiro atoms. The second kappa shape index (κ2) is 6.78. The maximum absolute atomic E-state index is 13.2. The molecule has 3 rings (SSSR count). The van der Waals surface area contributed by atoms with Crippen LogP contribution in [0.2, 0.25) is 0 Å². The van der Waals surface area contributed by atoms with E-state index in [1.165, 1.54) is 7.11 Å². The molecule has 1 aliphatic carbocycles. The molecule has 0 radical (unpaired) electrons. The number of alkyl halides is 3. The molecule has 1 fully saturated rings. The third-order valence-electron chi connectivity index (χ3n) is 4.14.